The SMILES string of the molecule is O=C(O)c1ccc2ccccc2c1[O-].[2H]c1cc([2H])c(C([2H])([2H])C([2H])([2H])C([2H])([2H])C([2H])([2H])OCCCCCC[NH2+]CC(O)c2ccc(O)c(CO)c2)c([2H])c1. The lowest BCUT2D eigenvalue weighted by Gasteiger charge is -2.13. The van der Waals surface area contributed by atoms with Crippen LogP contribution in [0.1, 0.15) is 86.7 Å². The van der Waals surface area contributed by atoms with Crippen LogP contribution in [0.3, 0.4) is 0 Å². The molecule has 8 heteroatoms. The van der Waals surface area contributed by atoms with Crippen molar-refractivity contribution < 1.29 is 55.5 Å². The number of carbonyl (C=O) groups is 1. The number of phenols is 1. The standard InChI is InChI=1S/C25H37NO4.C11H8O3/c27-20-23-18-22(13-14-24(23)28)25(29)19-26-15-7-1-2-8-16-30-17-9-6-12-21-10-4-3-5-11-21;12-10-8-4-2-1-3-7(8)5-6-9(10)11(13)14/h3-5,10-11,13-14,18,25-29H,1-2,6-9,12,15-17,19-20H2;1-6,12H,(H,13,14)/i3D,6D2,9D2,10D,11D,12D2,17D2;. The van der Waals surface area contributed by atoms with Gasteiger partial charge < -0.3 is 35.6 Å². The van der Waals surface area contributed by atoms with Gasteiger partial charge in [0.1, 0.15) is 18.4 Å². The minimum Gasteiger partial charge on any atom is -0.871 e. The maximum atomic E-state index is 11.6. The van der Waals surface area contributed by atoms with Crippen LogP contribution < -0.4 is 10.4 Å². The molecule has 6 N–H and O–H groups in total. The fourth-order valence-electron chi connectivity index (χ4n) is 4.17. The summed E-state index contributed by atoms with van der Waals surface area (Å²) in [4.78, 5) is 10.7. The fraction of sp³-hybridized carbons (Fsp3) is 0.361. The first-order valence-electron chi connectivity index (χ1n) is 19.7. The van der Waals surface area contributed by atoms with Gasteiger partial charge in [0, 0.05) is 27.0 Å². The number of aliphatic hydroxyl groups is 2. The summed E-state index contributed by atoms with van der Waals surface area (Å²) in [6, 6.07) is 14.7. The van der Waals surface area contributed by atoms with Gasteiger partial charge in [-0.3, -0.25) is 0 Å². The molecule has 4 aromatic rings. The molecule has 0 radical (unpaired) electrons. The normalized spacial score (nSPS) is 16.5. The molecule has 0 spiro atoms. The smallest absolute Gasteiger partial charge is 0.335 e. The first-order chi connectivity index (χ1) is 25.6. The van der Waals surface area contributed by atoms with Crippen LogP contribution in [0.4, 0.5) is 0 Å². The van der Waals surface area contributed by atoms with Crippen LogP contribution in [0.5, 0.6) is 11.5 Å². The molecule has 0 aliphatic carbocycles. The lowest BCUT2D eigenvalue weighted by molar-refractivity contribution is -0.662. The van der Waals surface area contributed by atoms with Gasteiger partial charge in [-0.1, -0.05) is 78.8 Å². The molecule has 0 fully saturated rings. The van der Waals surface area contributed by atoms with Crippen LogP contribution in [0.2, 0.25) is 0 Å². The van der Waals surface area contributed by atoms with Gasteiger partial charge in [0.25, 0.3) is 0 Å². The first-order valence-corrected chi connectivity index (χ1v) is 14.2. The molecule has 0 aromatic heterocycles. The lowest BCUT2D eigenvalue weighted by atomic mass is 10.1. The van der Waals surface area contributed by atoms with E-state index in [0.29, 0.717) is 42.4 Å². The van der Waals surface area contributed by atoms with E-state index in [9.17, 15) is 25.2 Å². The van der Waals surface area contributed by atoms with Crippen LogP contribution >= 0.6 is 0 Å². The summed E-state index contributed by atoms with van der Waals surface area (Å²) in [5, 5.41) is 52.6. The van der Waals surface area contributed by atoms with Gasteiger partial charge in [-0.2, -0.15) is 0 Å². The Morgan fingerprint density at radius 3 is 2.55 bits per heavy atom. The van der Waals surface area contributed by atoms with E-state index in [1.165, 1.54) is 12.1 Å². The molecule has 0 aliphatic rings. The molecule has 44 heavy (non-hydrogen) atoms. The number of quaternary nitrogens is 1. The average molecular weight is 615 g/mol. The topological polar surface area (TPSA) is 147 Å². The zero-order valence-electron chi connectivity index (χ0n) is 35.2. The third-order valence-corrected chi connectivity index (χ3v) is 6.54. The summed E-state index contributed by atoms with van der Waals surface area (Å²) in [5.41, 5.74) is -0.0401. The van der Waals surface area contributed by atoms with Gasteiger partial charge >= 0.3 is 5.97 Å². The molecule has 0 amide bonds. The Balaban J connectivity index is 0.000000480. The number of rotatable bonds is 17. The second kappa shape index (κ2) is 19.4. The van der Waals surface area contributed by atoms with Crippen molar-refractivity contribution in [2.45, 2.75) is 57.5 Å². The Hall–Kier alpha value is -3.95. The number of nitrogens with two attached hydrogens (primary N) is 1. The number of ether oxygens (including phenoxy) is 1. The number of carboxylic acid groups (broad SMARTS) is 1. The number of aromatic hydroxyl groups is 1. The molecule has 0 saturated carbocycles. The van der Waals surface area contributed by atoms with E-state index in [2.05, 4.69) is 0 Å². The second-order valence-corrected chi connectivity index (χ2v) is 9.70. The molecule has 0 saturated heterocycles. The number of hydrogen-bond donors (Lipinski definition) is 5. The van der Waals surface area contributed by atoms with Crippen molar-refractivity contribution >= 4 is 16.7 Å². The number of unbranched alkanes of at least 4 members (excludes halogenated alkanes) is 3. The molecule has 0 bridgehead atoms. The van der Waals surface area contributed by atoms with Crippen LogP contribution in [0, 0.1) is 0 Å². The number of benzene rings is 4. The van der Waals surface area contributed by atoms with Crippen LogP contribution in [-0.4, -0.2) is 52.7 Å². The van der Waals surface area contributed by atoms with E-state index in [4.69, 9.17) is 24.9 Å². The Bertz CT molecular complexity index is 1910. The van der Waals surface area contributed by atoms with Crippen LogP contribution in [0.25, 0.3) is 10.8 Å². The maximum Gasteiger partial charge on any atom is 0.335 e. The Morgan fingerprint density at radius 1 is 1.00 bits per heavy atom. The molecule has 4 rings (SSSR count). The van der Waals surface area contributed by atoms with Crippen molar-refractivity contribution in [3.8, 4) is 11.5 Å². The van der Waals surface area contributed by atoms with Crippen molar-refractivity contribution in [3.63, 3.8) is 0 Å². The predicted molar refractivity (Wildman–Crippen MR) is 170 cm³/mol. The highest BCUT2D eigenvalue weighted by atomic mass is 16.5. The van der Waals surface area contributed by atoms with Crippen molar-refractivity contribution in [2.24, 2.45) is 0 Å². The Kier molecular flexibility index (Phi) is 9.54. The summed E-state index contributed by atoms with van der Waals surface area (Å²) in [6.07, 6.45) is -8.71. The summed E-state index contributed by atoms with van der Waals surface area (Å²) < 4.78 is 94.0. The molecule has 236 valence electrons. The fourth-order valence-corrected chi connectivity index (χ4v) is 4.17. The monoisotopic (exact) mass is 614 g/mol. The van der Waals surface area contributed by atoms with Crippen LogP contribution in [0.15, 0.2) is 84.9 Å². The highest BCUT2D eigenvalue weighted by Crippen LogP contribution is 2.26. The molecule has 4 aromatic carbocycles. The van der Waals surface area contributed by atoms with Gasteiger partial charge in [0.15, 0.2) is 0 Å². The predicted octanol–water partition coefficient (Wildman–Crippen LogP) is 4.69. The molecule has 0 heterocycles. The largest absolute Gasteiger partial charge is 0.871 e. The first kappa shape index (κ1) is 21.7. The maximum absolute atomic E-state index is 11.6. The number of fused-ring (bicyclic) bond motifs is 1. The molecular weight excluding hydrogens is 558 g/mol. The van der Waals surface area contributed by atoms with E-state index in [-0.39, 0.29) is 30.6 Å². The van der Waals surface area contributed by atoms with E-state index in [0.717, 1.165) is 30.4 Å². The third-order valence-electron chi connectivity index (χ3n) is 6.54. The Labute approximate surface area is 275 Å². The zero-order valence-corrected chi connectivity index (χ0v) is 24.2. The van der Waals surface area contributed by atoms with Gasteiger partial charge in [-0.05, 0) is 78.5 Å². The molecular formula is C36H45NO7. The Morgan fingerprint density at radius 2 is 1.77 bits per heavy atom. The molecule has 0 aliphatic heterocycles. The summed E-state index contributed by atoms with van der Waals surface area (Å²) in [7, 11) is 0. The van der Waals surface area contributed by atoms with E-state index < -0.39 is 61.1 Å². The highest BCUT2D eigenvalue weighted by molar-refractivity contribution is 5.99. The molecule has 1 unspecified atom stereocenters. The number of carboxylic acids is 1. The van der Waals surface area contributed by atoms with Crippen molar-refractivity contribution in [1.29, 1.82) is 0 Å². The summed E-state index contributed by atoms with van der Waals surface area (Å²) >= 11 is 0. The van der Waals surface area contributed by atoms with Gasteiger partial charge in [-0.15, -0.1) is 0 Å². The summed E-state index contributed by atoms with van der Waals surface area (Å²) in [6.45, 7) is -2.75. The second-order valence-electron chi connectivity index (χ2n) is 9.70. The van der Waals surface area contributed by atoms with Crippen LogP contribution in [-0.2, 0) is 17.7 Å². The van der Waals surface area contributed by atoms with E-state index >= 15 is 0 Å². The molecule has 1 atom stereocenters. The lowest BCUT2D eigenvalue weighted by Crippen LogP contribution is -2.85. The number of aliphatic hydroxyl groups excluding tert-OH is 2. The number of aromatic carboxylic acids is 1. The van der Waals surface area contributed by atoms with Crippen molar-refractivity contribution in [1.82, 2.24) is 0 Å². The average Bonchev–Trinajstić information content (AvgIpc) is 3.10. The zero-order chi connectivity index (χ0) is 41.4. The quantitative estimate of drug-likeness (QED) is 0.108. The summed E-state index contributed by atoms with van der Waals surface area (Å²) in [5.74, 6) is -1.64. The minimum absolute atomic E-state index is 0.0400. The van der Waals surface area contributed by atoms with Gasteiger partial charge in [0.2, 0.25) is 0 Å². The van der Waals surface area contributed by atoms with Gasteiger partial charge in [-0.25, -0.2) is 4.79 Å². The van der Waals surface area contributed by atoms with Gasteiger partial charge in [0.05, 0.1) is 25.6 Å². The third kappa shape index (κ3) is 11.6. The van der Waals surface area contributed by atoms with E-state index in [1.807, 2.05) is 11.4 Å². The minimum atomic E-state index is -3.56. The van der Waals surface area contributed by atoms with E-state index in [1.54, 1.807) is 36.4 Å². The highest BCUT2D eigenvalue weighted by Gasteiger charge is 2.12. The van der Waals surface area contributed by atoms with Crippen molar-refractivity contribution in [2.75, 3.05) is 26.3 Å². The number of hydrogen-bond acceptors (Lipinski definition) is 6. The van der Waals surface area contributed by atoms with Crippen molar-refractivity contribution in [3.05, 3.63) is 107 Å². The molecule has 8 nitrogen and oxygen atoms in total.